The van der Waals surface area contributed by atoms with E-state index in [1.807, 2.05) is 0 Å². The molecule has 1 rings (SSSR count). The highest BCUT2D eigenvalue weighted by molar-refractivity contribution is 4.90. The lowest BCUT2D eigenvalue weighted by molar-refractivity contribution is 0.205. The van der Waals surface area contributed by atoms with Gasteiger partial charge in [0.2, 0.25) is 0 Å². The average molecular weight is 211 g/mol. The summed E-state index contributed by atoms with van der Waals surface area (Å²) in [5.41, 5.74) is 0.221. The van der Waals surface area contributed by atoms with E-state index in [0.29, 0.717) is 6.61 Å². The summed E-state index contributed by atoms with van der Waals surface area (Å²) < 4.78 is 0. The molecular formula is C13H25NO. The van der Waals surface area contributed by atoms with Crippen molar-refractivity contribution in [3.05, 3.63) is 12.2 Å². The molecule has 88 valence electrons. The second-order valence-electron chi connectivity index (χ2n) is 5.42. The molecule has 0 heterocycles. The first-order valence-electron chi connectivity index (χ1n) is 6.11. The van der Waals surface area contributed by atoms with Crippen LogP contribution in [-0.2, 0) is 0 Å². The summed E-state index contributed by atoms with van der Waals surface area (Å²) in [5, 5.41) is 12.4. The third-order valence-corrected chi connectivity index (χ3v) is 3.20. The summed E-state index contributed by atoms with van der Waals surface area (Å²) in [6, 6.07) is 0. The lowest BCUT2D eigenvalue weighted by Crippen LogP contribution is -2.33. The van der Waals surface area contributed by atoms with E-state index in [0.717, 1.165) is 25.4 Å². The molecule has 0 radical (unpaired) electrons. The minimum Gasteiger partial charge on any atom is -0.396 e. The first kappa shape index (κ1) is 12.7. The van der Waals surface area contributed by atoms with E-state index < -0.39 is 0 Å². The zero-order valence-corrected chi connectivity index (χ0v) is 10.1. The first-order valence-corrected chi connectivity index (χ1v) is 6.11. The van der Waals surface area contributed by atoms with Gasteiger partial charge in [-0.25, -0.2) is 0 Å². The number of aliphatic hydroxyl groups is 1. The molecular weight excluding hydrogens is 186 g/mol. The molecule has 15 heavy (non-hydrogen) atoms. The molecule has 1 aliphatic rings. The fourth-order valence-electron chi connectivity index (χ4n) is 2.05. The molecule has 1 aliphatic carbocycles. The van der Waals surface area contributed by atoms with Gasteiger partial charge in [0.25, 0.3) is 0 Å². The van der Waals surface area contributed by atoms with Gasteiger partial charge < -0.3 is 10.4 Å². The number of hydrogen-bond acceptors (Lipinski definition) is 2. The molecule has 0 aromatic rings. The Morgan fingerprint density at radius 3 is 2.80 bits per heavy atom. The smallest absolute Gasteiger partial charge is 0.0436 e. The Kier molecular flexibility index (Phi) is 5.34. The molecule has 0 spiro atoms. The monoisotopic (exact) mass is 211 g/mol. The maximum absolute atomic E-state index is 8.91. The van der Waals surface area contributed by atoms with E-state index in [9.17, 15) is 0 Å². The minimum atomic E-state index is 0.221. The molecule has 0 fully saturated rings. The molecule has 0 amide bonds. The van der Waals surface area contributed by atoms with E-state index in [1.165, 1.54) is 19.3 Å². The van der Waals surface area contributed by atoms with E-state index >= 15 is 0 Å². The topological polar surface area (TPSA) is 32.3 Å². The van der Waals surface area contributed by atoms with Gasteiger partial charge in [0.15, 0.2) is 0 Å². The van der Waals surface area contributed by atoms with Crippen LogP contribution in [-0.4, -0.2) is 24.8 Å². The molecule has 1 atom stereocenters. The van der Waals surface area contributed by atoms with Crippen LogP contribution in [0.3, 0.4) is 0 Å². The Morgan fingerprint density at radius 1 is 1.40 bits per heavy atom. The van der Waals surface area contributed by atoms with Crippen LogP contribution in [0.5, 0.6) is 0 Å². The minimum absolute atomic E-state index is 0.221. The highest BCUT2D eigenvalue weighted by Crippen LogP contribution is 2.20. The van der Waals surface area contributed by atoms with Crippen molar-refractivity contribution < 1.29 is 5.11 Å². The van der Waals surface area contributed by atoms with E-state index in [2.05, 4.69) is 31.3 Å². The fourth-order valence-corrected chi connectivity index (χ4v) is 2.05. The molecule has 0 aliphatic heterocycles. The lowest BCUT2D eigenvalue weighted by Gasteiger charge is -2.26. The Balaban J connectivity index is 2.12. The van der Waals surface area contributed by atoms with Gasteiger partial charge in [-0.15, -0.1) is 0 Å². The molecule has 0 saturated carbocycles. The van der Waals surface area contributed by atoms with Crippen molar-refractivity contribution in [2.45, 2.75) is 39.5 Å². The Hall–Kier alpha value is -0.340. The third-order valence-electron chi connectivity index (χ3n) is 3.20. The third kappa shape index (κ3) is 5.33. The number of nitrogens with one attached hydrogen (secondary N) is 1. The van der Waals surface area contributed by atoms with Gasteiger partial charge in [-0.3, -0.25) is 0 Å². The Morgan fingerprint density at radius 2 is 2.20 bits per heavy atom. The van der Waals surface area contributed by atoms with Gasteiger partial charge >= 0.3 is 0 Å². The zero-order valence-electron chi connectivity index (χ0n) is 10.1. The van der Waals surface area contributed by atoms with E-state index in [4.69, 9.17) is 5.11 Å². The maximum Gasteiger partial charge on any atom is 0.0436 e. The summed E-state index contributed by atoms with van der Waals surface area (Å²) >= 11 is 0. The fraction of sp³-hybridized carbons (Fsp3) is 0.846. The van der Waals surface area contributed by atoms with Gasteiger partial charge in [-0.05, 0) is 43.6 Å². The Labute approximate surface area is 93.8 Å². The SMILES string of the molecule is CC(C)(CCO)CNC[C@@H]1CC=CCC1. The van der Waals surface area contributed by atoms with E-state index in [1.54, 1.807) is 0 Å². The van der Waals surface area contributed by atoms with Gasteiger partial charge in [0.1, 0.15) is 0 Å². The highest BCUT2D eigenvalue weighted by Gasteiger charge is 2.17. The summed E-state index contributed by atoms with van der Waals surface area (Å²) in [5.74, 6) is 0.819. The van der Waals surface area contributed by atoms with Crippen molar-refractivity contribution in [1.82, 2.24) is 5.32 Å². The predicted molar refractivity (Wildman–Crippen MR) is 64.8 cm³/mol. The lowest BCUT2D eigenvalue weighted by atomic mass is 9.89. The second kappa shape index (κ2) is 6.29. The average Bonchev–Trinajstić information content (AvgIpc) is 2.19. The van der Waals surface area contributed by atoms with Gasteiger partial charge in [0, 0.05) is 13.2 Å². The summed E-state index contributed by atoms with van der Waals surface area (Å²) in [4.78, 5) is 0. The summed E-state index contributed by atoms with van der Waals surface area (Å²) in [6.45, 7) is 6.84. The van der Waals surface area contributed by atoms with Crippen molar-refractivity contribution in [3.63, 3.8) is 0 Å². The standard InChI is InChI=1S/C13H25NO/c1-13(2,8-9-15)11-14-10-12-6-4-3-5-7-12/h3-4,12,14-15H,5-11H2,1-2H3/t12-/m1/s1. The molecule has 0 unspecified atom stereocenters. The van der Waals surface area contributed by atoms with Gasteiger partial charge in [0.05, 0.1) is 0 Å². The quantitative estimate of drug-likeness (QED) is 0.661. The van der Waals surface area contributed by atoms with Crippen LogP contribution < -0.4 is 5.32 Å². The van der Waals surface area contributed by atoms with Crippen LogP contribution in [0, 0.1) is 11.3 Å². The first-order chi connectivity index (χ1) is 7.14. The van der Waals surface area contributed by atoms with Crippen LogP contribution in [0.15, 0.2) is 12.2 Å². The number of rotatable bonds is 6. The van der Waals surface area contributed by atoms with E-state index in [-0.39, 0.29) is 5.41 Å². The molecule has 0 bridgehead atoms. The molecule has 0 saturated heterocycles. The molecule has 2 heteroatoms. The summed E-state index contributed by atoms with van der Waals surface area (Å²) in [6.07, 6.45) is 9.26. The maximum atomic E-state index is 8.91. The van der Waals surface area contributed by atoms with Crippen molar-refractivity contribution in [3.8, 4) is 0 Å². The van der Waals surface area contributed by atoms with Crippen LogP contribution in [0.25, 0.3) is 0 Å². The summed E-state index contributed by atoms with van der Waals surface area (Å²) in [7, 11) is 0. The largest absolute Gasteiger partial charge is 0.396 e. The van der Waals surface area contributed by atoms with Crippen LogP contribution in [0.2, 0.25) is 0 Å². The van der Waals surface area contributed by atoms with Crippen LogP contribution >= 0.6 is 0 Å². The molecule has 0 aromatic heterocycles. The number of allylic oxidation sites excluding steroid dienone is 2. The normalized spacial score (nSPS) is 21.9. The van der Waals surface area contributed by atoms with Gasteiger partial charge in [-0.2, -0.15) is 0 Å². The second-order valence-corrected chi connectivity index (χ2v) is 5.42. The van der Waals surface area contributed by atoms with Crippen molar-refractivity contribution >= 4 is 0 Å². The molecule has 2 nitrogen and oxygen atoms in total. The molecule has 2 N–H and O–H groups in total. The number of hydrogen-bond donors (Lipinski definition) is 2. The zero-order chi connectivity index (χ0) is 11.1. The molecule has 0 aromatic carbocycles. The highest BCUT2D eigenvalue weighted by atomic mass is 16.3. The predicted octanol–water partition coefficient (Wildman–Crippen LogP) is 2.34. The van der Waals surface area contributed by atoms with Crippen LogP contribution in [0.4, 0.5) is 0 Å². The number of aliphatic hydroxyl groups excluding tert-OH is 1. The van der Waals surface area contributed by atoms with Crippen molar-refractivity contribution in [2.24, 2.45) is 11.3 Å². The van der Waals surface area contributed by atoms with Crippen molar-refractivity contribution in [2.75, 3.05) is 19.7 Å². The van der Waals surface area contributed by atoms with Crippen LogP contribution in [0.1, 0.15) is 39.5 Å². The van der Waals surface area contributed by atoms with Crippen molar-refractivity contribution in [1.29, 1.82) is 0 Å². The van der Waals surface area contributed by atoms with Gasteiger partial charge in [-0.1, -0.05) is 26.0 Å². The Bertz CT molecular complexity index is 199.